The third kappa shape index (κ3) is 3.38. The van der Waals surface area contributed by atoms with Crippen LogP contribution < -0.4 is 4.74 Å². The Morgan fingerprint density at radius 2 is 2.11 bits per heavy atom. The third-order valence-electron chi connectivity index (χ3n) is 3.04. The Labute approximate surface area is 103 Å². The van der Waals surface area contributed by atoms with Gasteiger partial charge in [0.15, 0.2) is 0 Å². The highest BCUT2D eigenvalue weighted by Crippen LogP contribution is 2.33. The number of aryl methyl sites for hydroxylation is 1. The van der Waals surface area contributed by atoms with Gasteiger partial charge in [0.1, 0.15) is 5.75 Å². The minimum Gasteiger partial charge on any atom is -0.494 e. The molecule has 0 fully saturated rings. The van der Waals surface area contributed by atoms with E-state index in [1.165, 1.54) is 0 Å². The molecule has 0 bridgehead atoms. The number of benzene rings is 1. The van der Waals surface area contributed by atoms with Gasteiger partial charge in [-0.05, 0) is 42.5 Å². The fourth-order valence-electron chi connectivity index (χ4n) is 2.11. The number of alkyl halides is 3. The average molecular weight is 260 g/mol. The van der Waals surface area contributed by atoms with E-state index >= 15 is 0 Å². The topological polar surface area (TPSA) is 29.5 Å². The summed E-state index contributed by atoms with van der Waals surface area (Å²) in [7, 11) is 0. The van der Waals surface area contributed by atoms with Crippen molar-refractivity contribution in [3.05, 3.63) is 29.3 Å². The molecule has 1 unspecified atom stereocenters. The Balaban J connectivity index is 1.86. The first-order valence-electron chi connectivity index (χ1n) is 5.96. The predicted molar refractivity (Wildman–Crippen MR) is 60.5 cm³/mol. The van der Waals surface area contributed by atoms with Crippen LogP contribution in [0, 0.1) is 0 Å². The molecule has 1 aromatic carbocycles. The zero-order valence-corrected chi connectivity index (χ0v) is 9.83. The molecule has 18 heavy (non-hydrogen) atoms. The van der Waals surface area contributed by atoms with E-state index in [1.807, 2.05) is 6.07 Å². The van der Waals surface area contributed by atoms with Crippen molar-refractivity contribution in [2.75, 3.05) is 6.61 Å². The summed E-state index contributed by atoms with van der Waals surface area (Å²) >= 11 is 0. The first-order valence-corrected chi connectivity index (χ1v) is 5.96. The van der Waals surface area contributed by atoms with Crippen LogP contribution in [0.3, 0.4) is 0 Å². The number of hydrogen-bond donors (Lipinski definition) is 1. The van der Waals surface area contributed by atoms with Crippen LogP contribution in [-0.4, -0.2) is 17.9 Å². The molecular weight excluding hydrogens is 245 g/mol. The van der Waals surface area contributed by atoms with E-state index in [-0.39, 0.29) is 13.0 Å². The standard InChI is InChI=1S/C13H15F3O2/c14-13(15,16)6-1-7-18-10-4-2-9-3-5-12(17)11(9)8-10/h2,4,8,12,17H,1,3,5-7H2. The third-order valence-corrected chi connectivity index (χ3v) is 3.04. The van der Waals surface area contributed by atoms with Gasteiger partial charge in [0, 0.05) is 6.42 Å². The van der Waals surface area contributed by atoms with Crippen LogP contribution in [-0.2, 0) is 6.42 Å². The molecule has 0 saturated carbocycles. The second-order valence-electron chi connectivity index (χ2n) is 4.48. The van der Waals surface area contributed by atoms with Crippen LogP contribution in [0.2, 0.25) is 0 Å². The Morgan fingerprint density at radius 1 is 1.33 bits per heavy atom. The molecular formula is C13H15F3O2. The summed E-state index contributed by atoms with van der Waals surface area (Å²) in [6.45, 7) is 0.0361. The predicted octanol–water partition coefficient (Wildman–Crippen LogP) is 3.39. The molecule has 0 saturated heterocycles. The zero-order chi connectivity index (χ0) is 13.2. The molecule has 0 aromatic heterocycles. The Kier molecular flexibility index (Phi) is 3.80. The lowest BCUT2D eigenvalue weighted by Crippen LogP contribution is -2.09. The fraction of sp³-hybridized carbons (Fsp3) is 0.538. The summed E-state index contributed by atoms with van der Waals surface area (Å²) in [6.07, 6.45) is -3.95. The van der Waals surface area contributed by atoms with Gasteiger partial charge in [0.05, 0.1) is 12.7 Å². The summed E-state index contributed by atoms with van der Waals surface area (Å²) in [5.41, 5.74) is 1.92. The van der Waals surface area contributed by atoms with Gasteiger partial charge in [-0.15, -0.1) is 0 Å². The van der Waals surface area contributed by atoms with Crippen LogP contribution in [0.25, 0.3) is 0 Å². The quantitative estimate of drug-likeness (QED) is 0.841. The van der Waals surface area contributed by atoms with Crippen LogP contribution in [0.5, 0.6) is 5.75 Å². The van der Waals surface area contributed by atoms with E-state index in [9.17, 15) is 18.3 Å². The van der Waals surface area contributed by atoms with Gasteiger partial charge in [-0.3, -0.25) is 0 Å². The molecule has 0 heterocycles. The number of ether oxygens (including phenoxy) is 1. The number of aliphatic hydroxyl groups excluding tert-OH is 1. The van der Waals surface area contributed by atoms with E-state index in [0.29, 0.717) is 12.2 Å². The lowest BCUT2D eigenvalue weighted by molar-refractivity contribution is -0.136. The van der Waals surface area contributed by atoms with E-state index in [4.69, 9.17) is 4.74 Å². The van der Waals surface area contributed by atoms with Crippen LogP contribution in [0.15, 0.2) is 18.2 Å². The molecule has 1 N–H and O–H groups in total. The number of hydrogen-bond acceptors (Lipinski definition) is 2. The summed E-state index contributed by atoms with van der Waals surface area (Å²) in [6, 6.07) is 5.33. The van der Waals surface area contributed by atoms with Gasteiger partial charge in [-0.2, -0.15) is 13.2 Å². The molecule has 1 aliphatic rings. The molecule has 0 amide bonds. The lowest BCUT2D eigenvalue weighted by Gasteiger charge is -2.10. The van der Waals surface area contributed by atoms with E-state index in [1.54, 1.807) is 12.1 Å². The van der Waals surface area contributed by atoms with Crippen LogP contribution >= 0.6 is 0 Å². The van der Waals surface area contributed by atoms with Crippen LogP contribution in [0.4, 0.5) is 13.2 Å². The van der Waals surface area contributed by atoms with E-state index < -0.39 is 18.7 Å². The maximum atomic E-state index is 11.9. The van der Waals surface area contributed by atoms with Crippen LogP contribution in [0.1, 0.15) is 36.5 Å². The molecule has 100 valence electrons. The summed E-state index contributed by atoms with van der Waals surface area (Å²) < 4.78 is 41.0. The van der Waals surface area contributed by atoms with E-state index in [2.05, 4.69) is 0 Å². The lowest BCUT2D eigenvalue weighted by atomic mass is 10.1. The number of rotatable bonds is 4. The van der Waals surface area contributed by atoms with Crippen molar-refractivity contribution in [2.24, 2.45) is 0 Å². The molecule has 0 aliphatic heterocycles. The van der Waals surface area contributed by atoms with Crippen molar-refractivity contribution >= 4 is 0 Å². The van der Waals surface area contributed by atoms with Crippen molar-refractivity contribution in [1.29, 1.82) is 0 Å². The summed E-state index contributed by atoms with van der Waals surface area (Å²) in [4.78, 5) is 0. The van der Waals surface area contributed by atoms with Gasteiger partial charge in [-0.1, -0.05) is 6.07 Å². The second kappa shape index (κ2) is 5.18. The molecule has 0 radical (unpaired) electrons. The Bertz CT molecular complexity index is 415. The SMILES string of the molecule is OC1CCc2ccc(OCCCC(F)(F)F)cc21. The van der Waals surface area contributed by atoms with E-state index in [0.717, 1.165) is 17.5 Å². The maximum Gasteiger partial charge on any atom is 0.389 e. The normalized spacial score (nSPS) is 18.8. The zero-order valence-electron chi connectivity index (χ0n) is 9.83. The monoisotopic (exact) mass is 260 g/mol. The molecule has 1 aromatic rings. The number of halogens is 3. The van der Waals surface area contributed by atoms with Gasteiger partial charge < -0.3 is 9.84 Å². The molecule has 0 spiro atoms. The van der Waals surface area contributed by atoms with Gasteiger partial charge in [-0.25, -0.2) is 0 Å². The minimum absolute atomic E-state index is 0.0361. The summed E-state index contributed by atoms with van der Waals surface area (Å²) in [5, 5.41) is 9.68. The van der Waals surface area contributed by atoms with Gasteiger partial charge in [0.2, 0.25) is 0 Å². The van der Waals surface area contributed by atoms with Gasteiger partial charge in [0.25, 0.3) is 0 Å². The molecule has 1 atom stereocenters. The minimum atomic E-state index is -4.13. The fourth-order valence-corrected chi connectivity index (χ4v) is 2.11. The van der Waals surface area contributed by atoms with Crippen molar-refractivity contribution < 1.29 is 23.0 Å². The Morgan fingerprint density at radius 3 is 2.83 bits per heavy atom. The highest BCUT2D eigenvalue weighted by molar-refractivity contribution is 5.39. The Hall–Kier alpha value is -1.23. The molecule has 1 aliphatic carbocycles. The second-order valence-corrected chi connectivity index (χ2v) is 4.48. The van der Waals surface area contributed by atoms with Gasteiger partial charge >= 0.3 is 6.18 Å². The number of aliphatic hydroxyl groups is 1. The number of fused-ring (bicyclic) bond motifs is 1. The van der Waals surface area contributed by atoms with Crippen molar-refractivity contribution in [2.45, 2.75) is 38.0 Å². The smallest absolute Gasteiger partial charge is 0.389 e. The molecule has 2 nitrogen and oxygen atoms in total. The largest absolute Gasteiger partial charge is 0.494 e. The molecule has 2 rings (SSSR count). The van der Waals surface area contributed by atoms with Crippen molar-refractivity contribution in [3.8, 4) is 5.75 Å². The highest BCUT2D eigenvalue weighted by atomic mass is 19.4. The van der Waals surface area contributed by atoms with Crippen molar-refractivity contribution in [3.63, 3.8) is 0 Å². The molecule has 5 heteroatoms. The first kappa shape index (κ1) is 13.2. The highest BCUT2D eigenvalue weighted by Gasteiger charge is 2.26. The first-order chi connectivity index (χ1) is 8.46. The average Bonchev–Trinajstić information content (AvgIpc) is 2.65. The summed E-state index contributed by atoms with van der Waals surface area (Å²) in [5.74, 6) is 0.525. The van der Waals surface area contributed by atoms with Crippen molar-refractivity contribution in [1.82, 2.24) is 0 Å². The maximum absolute atomic E-state index is 11.9.